The largest absolute Gasteiger partial charge is 0.462 e. The van der Waals surface area contributed by atoms with Gasteiger partial charge >= 0.3 is 17.9 Å². The molecule has 6 heteroatoms. The Balaban J connectivity index is 4.53. The summed E-state index contributed by atoms with van der Waals surface area (Å²) in [5, 5.41) is 0. The van der Waals surface area contributed by atoms with Crippen molar-refractivity contribution >= 4 is 17.9 Å². The van der Waals surface area contributed by atoms with Crippen LogP contribution in [0.1, 0.15) is 265 Å². The molecule has 0 aliphatic heterocycles. The summed E-state index contributed by atoms with van der Waals surface area (Å²) in [7, 11) is 0. The van der Waals surface area contributed by atoms with Crippen molar-refractivity contribution in [2.45, 2.75) is 271 Å². The lowest BCUT2D eigenvalue weighted by Gasteiger charge is -2.18. The van der Waals surface area contributed by atoms with E-state index in [0.29, 0.717) is 19.3 Å². The number of hydrogen-bond donors (Lipinski definition) is 0. The van der Waals surface area contributed by atoms with Crippen molar-refractivity contribution in [1.29, 1.82) is 0 Å². The molecule has 0 bridgehead atoms. The van der Waals surface area contributed by atoms with Crippen LogP contribution in [0.3, 0.4) is 0 Å². The Labute approximate surface area is 438 Å². The van der Waals surface area contributed by atoms with Crippen molar-refractivity contribution in [2.24, 2.45) is 0 Å². The summed E-state index contributed by atoms with van der Waals surface area (Å²) >= 11 is 0. The van der Waals surface area contributed by atoms with Crippen molar-refractivity contribution in [3.8, 4) is 0 Å². The summed E-state index contributed by atoms with van der Waals surface area (Å²) in [6, 6.07) is 0. The van der Waals surface area contributed by atoms with Crippen LogP contribution in [0.4, 0.5) is 0 Å². The molecule has 404 valence electrons. The molecule has 0 aromatic rings. The zero-order valence-corrected chi connectivity index (χ0v) is 46.2. The third-order valence-corrected chi connectivity index (χ3v) is 12.3. The van der Waals surface area contributed by atoms with E-state index in [9.17, 15) is 14.4 Å². The van der Waals surface area contributed by atoms with Crippen LogP contribution < -0.4 is 0 Å². The number of rotatable bonds is 52. The predicted molar refractivity (Wildman–Crippen MR) is 307 cm³/mol. The van der Waals surface area contributed by atoms with E-state index in [0.717, 1.165) is 83.5 Å². The third kappa shape index (κ3) is 56.9. The average Bonchev–Trinajstić information content (AvgIpc) is 3.37. The quantitative estimate of drug-likeness (QED) is 0.0261. The van der Waals surface area contributed by atoms with Crippen molar-refractivity contribution in [3.63, 3.8) is 0 Å². The Bertz CT molecular complexity index is 1460. The molecule has 0 spiro atoms. The van der Waals surface area contributed by atoms with Gasteiger partial charge in [-0.05, 0) is 96.3 Å². The van der Waals surface area contributed by atoms with Crippen molar-refractivity contribution in [3.05, 3.63) is 109 Å². The summed E-state index contributed by atoms with van der Waals surface area (Å²) in [4.78, 5) is 38.2. The van der Waals surface area contributed by atoms with Gasteiger partial charge in [0.05, 0.1) is 0 Å². The second kappa shape index (κ2) is 58.6. The predicted octanol–water partition coefficient (Wildman–Crippen LogP) is 19.9. The van der Waals surface area contributed by atoms with E-state index in [4.69, 9.17) is 14.2 Å². The lowest BCUT2D eigenvalue weighted by atomic mass is 10.0. The third-order valence-electron chi connectivity index (χ3n) is 12.3. The molecule has 0 saturated heterocycles. The minimum absolute atomic E-state index is 0.117. The summed E-state index contributed by atoms with van der Waals surface area (Å²) in [6.45, 7) is 6.42. The fraction of sp³-hybridized carbons (Fsp3) is 0.677. The Morgan fingerprint density at radius 2 is 0.563 bits per heavy atom. The van der Waals surface area contributed by atoms with Crippen molar-refractivity contribution in [2.75, 3.05) is 13.2 Å². The Morgan fingerprint density at radius 3 is 0.915 bits per heavy atom. The van der Waals surface area contributed by atoms with Gasteiger partial charge in [0.25, 0.3) is 0 Å². The molecule has 0 N–H and O–H groups in total. The molecule has 0 fully saturated rings. The first-order valence-corrected chi connectivity index (χ1v) is 29.4. The van der Waals surface area contributed by atoms with Gasteiger partial charge in [0, 0.05) is 19.3 Å². The van der Waals surface area contributed by atoms with Gasteiger partial charge in [-0.2, -0.15) is 0 Å². The fourth-order valence-electron chi connectivity index (χ4n) is 7.88. The summed E-state index contributed by atoms with van der Waals surface area (Å²) in [5.74, 6) is -1.03. The minimum atomic E-state index is -0.831. The molecule has 0 aliphatic rings. The number of carbonyl (C=O) groups excluding carboxylic acids is 3. The number of allylic oxidation sites excluding steroid dienone is 18. The van der Waals surface area contributed by atoms with E-state index in [1.807, 2.05) is 0 Å². The summed E-state index contributed by atoms with van der Waals surface area (Å²) < 4.78 is 16.8. The standard InChI is InChI=1S/C65H108O6/c1-4-7-10-13-16-19-22-25-28-31-32-35-37-40-43-46-49-52-55-58-64(67)70-61-62(71-65(68)59-56-53-50-47-44-41-38-34-30-27-24-21-18-15-12-9-6-3)60-69-63(66)57-54-51-48-45-42-39-36-33-29-26-23-20-17-14-11-8-5-2/h8,11,17-18,20-21,26-27,29-30,36,38-39,41,45,47-48,50,62H,4-7,9-10,12-16,19,22-25,28,31-35,37,40,42-44,46,49,51-61H2,1-3H3/b11-8-,20-17-,21-18-,29-26-,30-27-,39-36-,41-38-,48-45-,50-47-/t62-/m1/s1. The van der Waals surface area contributed by atoms with Crippen LogP contribution in [0, 0.1) is 0 Å². The number of hydrogen-bond acceptors (Lipinski definition) is 6. The first-order chi connectivity index (χ1) is 35.0. The van der Waals surface area contributed by atoms with E-state index in [2.05, 4.69) is 130 Å². The fourth-order valence-corrected chi connectivity index (χ4v) is 7.88. The number of ether oxygens (including phenoxy) is 3. The lowest BCUT2D eigenvalue weighted by Crippen LogP contribution is -2.30. The molecule has 0 aliphatic carbocycles. The first kappa shape index (κ1) is 67.1. The van der Waals surface area contributed by atoms with Gasteiger partial charge in [0.2, 0.25) is 0 Å². The Hall–Kier alpha value is -3.93. The highest BCUT2D eigenvalue weighted by Crippen LogP contribution is 2.16. The highest BCUT2D eigenvalue weighted by Gasteiger charge is 2.19. The van der Waals surface area contributed by atoms with Crippen LogP contribution in [0.25, 0.3) is 0 Å². The topological polar surface area (TPSA) is 78.9 Å². The number of carbonyl (C=O) groups is 3. The monoisotopic (exact) mass is 985 g/mol. The SMILES string of the molecule is CC/C=C\C/C=C\C/C=C\C/C=C\C/C=C\CCCC(=O)OC[C@H](COC(=O)CCCCCCCCCCCCCCCCCCCCC)OC(=O)CCC/C=C\C/C=C\C/C=C\C/C=C\CCCCC. The van der Waals surface area contributed by atoms with Crippen LogP contribution in [0.2, 0.25) is 0 Å². The molecular weight excluding hydrogens is 877 g/mol. The van der Waals surface area contributed by atoms with E-state index in [1.165, 1.54) is 128 Å². The molecule has 0 rings (SSSR count). The molecule has 0 saturated carbocycles. The maximum atomic E-state index is 12.8. The van der Waals surface area contributed by atoms with Crippen molar-refractivity contribution in [1.82, 2.24) is 0 Å². The van der Waals surface area contributed by atoms with Gasteiger partial charge in [-0.3, -0.25) is 14.4 Å². The van der Waals surface area contributed by atoms with E-state index in [-0.39, 0.29) is 44.0 Å². The Morgan fingerprint density at radius 1 is 0.296 bits per heavy atom. The second-order valence-corrected chi connectivity index (χ2v) is 19.2. The van der Waals surface area contributed by atoms with Crippen LogP contribution in [0.5, 0.6) is 0 Å². The highest BCUT2D eigenvalue weighted by atomic mass is 16.6. The number of esters is 3. The molecular formula is C65H108O6. The van der Waals surface area contributed by atoms with Crippen LogP contribution in [-0.2, 0) is 28.6 Å². The maximum absolute atomic E-state index is 12.8. The average molecular weight is 986 g/mol. The minimum Gasteiger partial charge on any atom is -0.462 e. The molecule has 0 aromatic heterocycles. The molecule has 0 heterocycles. The van der Waals surface area contributed by atoms with Crippen LogP contribution in [-0.4, -0.2) is 37.2 Å². The lowest BCUT2D eigenvalue weighted by molar-refractivity contribution is -0.167. The molecule has 0 unspecified atom stereocenters. The van der Waals surface area contributed by atoms with Gasteiger partial charge in [0.15, 0.2) is 6.10 Å². The van der Waals surface area contributed by atoms with Crippen LogP contribution >= 0.6 is 0 Å². The van der Waals surface area contributed by atoms with Gasteiger partial charge in [0.1, 0.15) is 13.2 Å². The summed E-state index contributed by atoms with van der Waals surface area (Å²) in [6.07, 6.45) is 79.5. The number of unbranched alkanes of at least 4 members (excludes halogenated alkanes) is 23. The molecule has 0 radical (unpaired) electrons. The zero-order valence-electron chi connectivity index (χ0n) is 46.2. The second-order valence-electron chi connectivity index (χ2n) is 19.2. The van der Waals surface area contributed by atoms with Gasteiger partial charge < -0.3 is 14.2 Å². The van der Waals surface area contributed by atoms with E-state index < -0.39 is 6.10 Å². The molecule has 0 amide bonds. The molecule has 6 nitrogen and oxygen atoms in total. The van der Waals surface area contributed by atoms with Crippen molar-refractivity contribution < 1.29 is 28.6 Å². The maximum Gasteiger partial charge on any atom is 0.306 e. The summed E-state index contributed by atoms with van der Waals surface area (Å²) in [5.41, 5.74) is 0. The van der Waals surface area contributed by atoms with Gasteiger partial charge in [-0.25, -0.2) is 0 Å². The first-order valence-electron chi connectivity index (χ1n) is 29.4. The van der Waals surface area contributed by atoms with Gasteiger partial charge in [-0.15, -0.1) is 0 Å². The Kier molecular flexibility index (Phi) is 55.4. The zero-order chi connectivity index (χ0) is 51.4. The van der Waals surface area contributed by atoms with E-state index >= 15 is 0 Å². The normalized spacial score (nSPS) is 12.9. The molecule has 0 aromatic carbocycles. The molecule has 71 heavy (non-hydrogen) atoms. The van der Waals surface area contributed by atoms with E-state index in [1.54, 1.807) is 0 Å². The molecule has 1 atom stereocenters. The van der Waals surface area contributed by atoms with Crippen LogP contribution in [0.15, 0.2) is 109 Å². The smallest absolute Gasteiger partial charge is 0.306 e. The highest BCUT2D eigenvalue weighted by molar-refractivity contribution is 5.71. The van der Waals surface area contributed by atoms with Gasteiger partial charge in [-0.1, -0.05) is 259 Å².